The summed E-state index contributed by atoms with van der Waals surface area (Å²) in [5.74, 6) is -0.238. The average molecular weight is 293 g/mol. The molecule has 0 fully saturated rings. The molecule has 0 bridgehead atoms. The molecule has 2 amide bonds. The minimum absolute atomic E-state index is 0.101. The largest absolute Gasteiger partial charge is 0.383 e. The Kier molecular flexibility index (Phi) is 8.08. The molecule has 0 unspecified atom stereocenters. The van der Waals surface area contributed by atoms with Crippen molar-refractivity contribution in [3.63, 3.8) is 0 Å². The zero-order chi connectivity index (χ0) is 15.5. The zero-order valence-corrected chi connectivity index (χ0v) is 12.6. The van der Waals surface area contributed by atoms with Crippen molar-refractivity contribution in [1.29, 1.82) is 0 Å². The SMILES string of the molecule is COCCNCC(=O)NCCNC(=O)c1ccc(C)cc1. The summed E-state index contributed by atoms with van der Waals surface area (Å²) in [6.07, 6.45) is 0. The minimum Gasteiger partial charge on any atom is -0.383 e. The van der Waals surface area contributed by atoms with Crippen LogP contribution in [0.4, 0.5) is 0 Å². The number of carbonyl (C=O) groups is 2. The van der Waals surface area contributed by atoms with E-state index in [9.17, 15) is 9.59 Å². The summed E-state index contributed by atoms with van der Waals surface area (Å²) in [5.41, 5.74) is 1.73. The fraction of sp³-hybridized carbons (Fsp3) is 0.467. The Morgan fingerprint density at radius 1 is 1.05 bits per heavy atom. The Bertz CT molecular complexity index is 446. The van der Waals surface area contributed by atoms with Crippen LogP contribution in [0.3, 0.4) is 0 Å². The van der Waals surface area contributed by atoms with E-state index in [1.807, 2.05) is 19.1 Å². The van der Waals surface area contributed by atoms with Crippen LogP contribution in [0.2, 0.25) is 0 Å². The number of ether oxygens (including phenoxy) is 1. The first-order chi connectivity index (χ1) is 10.1. The summed E-state index contributed by atoms with van der Waals surface area (Å²) in [4.78, 5) is 23.2. The Morgan fingerprint density at radius 2 is 1.71 bits per heavy atom. The van der Waals surface area contributed by atoms with Crippen molar-refractivity contribution in [1.82, 2.24) is 16.0 Å². The van der Waals surface area contributed by atoms with E-state index in [1.54, 1.807) is 19.2 Å². The Balaban J connectivity index is 2.12. The molecule has 21 heavy (non-hydrogen) atoms. The topological polar surface area (TPSA) is 79.5 Å². The third kappa shape index (κ3) is 7.43. The van der Waals surface area contributed by atoms with Crippen LogP contribution < -0.4 is 16.0 Å². The van der Waals surface area contributed by atoms with E-state index in [2.05, 4.69) is 16.0 Å². The number of methoxy groups -OCH3 is 1. The second-order valence-electron chi connectivity index (χ2n) is 4.64. The third-order valence-electron chi connectivity index (χ3n) is 2.82. The molecule has 116 valence electrons. The van der Waals surface area contributed by atoms with Crippen molar-refractivity contribution in [2.24, 2.45) is 0 Å². The van der Waals surface area contributed by atoms with Gasteiger partial charge in [0.2, 0.25) is 5.91 Å². The van der Waals surface area contributed by atoms with Crippen molar-refractivity contribution >= 4 is 11.8 Å². The maximum Gasteiger partial charge on any atom is 0.251 e. The van der Waals surface area contributed by atoms with E-state index in [-0.39, 0.29) is 18.4 Å². The number of benzene rings is 1. The molecule has 0 atom stereocenters. The molecule has 0 radical (unpaired) electrons. The first-order valence-corrected chi connectivity index (χ1v) is 6.94. The van der Waals surface area contributed by atoms with Crippen LogP contribution in [0.15, 0.2) is 24.3 Å². The number of hydrogen-bond acceptors (Lipinski definition) is 4. The van der Waals surface area contributed by atoms with E-state index in [0.717, 1.165) is 5.56 Å². The molecule has 0 aliphatic heterocycles. The lowest BCUT2D eigenvalue weighted by atomic mass is 10.1. The number of amides is 2. The lowest BCUT2D eigenvalue weighted by Crippen LogP contribution is -2.39. The van der Waals surface area contributed by atoms with Crippen molar-refractivity contribution in [3.05, 3.63) is 35.4 Å². The second-order valence-corrected chi connectivity index (χ2v) is 4.64. The summed E-state index contributed by atoms with van der Waals surface area (Å²) < 4.78 is 4.86. The van der Waals surface area contributed by atoms with E-state index in [1.165, 1.54) is 0 Å². The third-order valence-corrected chi connectivity index (χ3v) is 2.82. The van der Waals surface area contributed by atoms with E-state index >= 15 is 0 Å². The van der Waals surface area contributed by atoms with Crippen molar-refractivity contribution in [2.75, 3.05) is 39.9 Å². The first kappa shape index (κ1) is 17.1. The first-order valence-electron chi connectivity index (χ1n) is 6.94. The van der Waals surface area contributed by atoms with Crippen LogP contribution in [0.5, 0.6) is 0 Å². The molecule has 1 aromatic carbocycles. The Labute approximate surface area is 125 Å². The molecule has 6 nitrogen and oxygen atoms in total. The van der Waals surface area contributed by atoms with Gasteiger partial charge in [-0.1, -0.05) is 17.7 Å². The number of hydrogen-bond donors (Lipinski definition) is 3. The minimum atomic E-state index is -0.137. The lowest BCUT2D eigenvalue weighted by Gasteiger charge is -2.08. The molecule has 0 saturated heterocycles. The molecule has 0 heterocycles. The summed E-state index contributed by atoms with van der Waals surface area (Å²) in [6, 6.07) is 7.34. The second kappa shape index (κ2) is 9.90. The van der Waals surface area contributed by atoms with Crippen molar-refractivity contribution in [3.8, 4) is 0 Å². The Hall–Kier alpha value is -1.92. The predicted molar refractivity (Wildman–Crippen MR) is 81.3 cm³/mol. The van der Waals surface area contributed by atoms with E-state index in [4.69, 9.17) is 4.74 Å². The smallest absolute Gasteiger partial charge is 0.251 e. The molecule has 0 saturated carbocycles. The summed E-state index contributed by atoms with van der Waals surface area (Å²) in [7, 11) is 1.61. The van der Waals surface area contributed by atoms with Crippen molar-refractivity contribution < 1.29 is 14.3 Å². The van der Waals surface area contributed by atoms with Gasteiger partial charge >= 0.3 is 0 Å². The van der Waals surface area contributed by atoms with Crippen LogP contribution in [0.1, 0.15) is 15.9 Å². The van der Waals surface area contributed by atoms with Gasteiger partial charge in [0.15, 0.2) is 0 Å². The van der Waals surface area contributed by atoms with Crippen LogP contribution in [0, 0.1) is 6.92 Å². The van der Waals surface area contributed by atoms with Crippen LogP contribution in [0.25, 0.3) is 0 Å². The van der Waals surface area contributed by atoms with Gasteiger partial charge in [0.1, 0.15) is 0 Å². The highest BCUT2D eigenvalue weighted by molar-refractivity contribution is 5.94. The van der Waals surface area contributed by atoms with Gasteiger partial charge < -0.3 is 20.7 Å². The molecule has 0 aliphatic carbocycles. The molecule has 0 aliphatic rings. The van der Waals surface area contributed by atoms with Gasteiger partial charge in [0, 0.05) is 32.3 Å². The zero-order valence-electron chi connectivity index (χ0n) is 12.6. The summed E-state index contributed by atoms with van der Waals surface area (Å²) in [5, 5.41) is 8.42. The fourth-order valence-electron chi connectivity index (χ4n) is 1.62. The van der Waals surface area contributed by atoms with Crippen LogP contribution in [-0.4, -0.2) is 51.7 Å². The van der Waals surface area contributed by atoms with Gasteiger partial charge in [-0.05, 0) is 19.1 Å². The monoisotopic (exact) mass is 293 g/mol. The van der Waals surface area contributed by atoms with Gasteiger partial charge in [0.05, 0.1) is 13.2 Å². The molecule has 0 aromatic heterocycles. The molecule has 1 rings (SSSR count). The van der Waals surface area contributed by atoms with Crippen LogP contribution in [-0.2, 0) is 9.53 Å². The maximum atomic E-state index is 11.8. The Morgan fingerprint density at radius 3 is 2.38 bits per heavy atom. The number of carbonyl (C=O) groups excluding carboxylic acids is 2. The highest BCUT2D eigenvalue weighted by atomic mass is 16.5. The van der Waals surface area contributed by atoms with Gasteiger partial charge in [-0.15, -0.1) is 0 Å². The van der Waals surface area contributed by atoms with E-state index in [0.29, 0.717) is 31.8 Å². The van der Waals surface area contributed by atoms with Crippen molar-refractivity contribution in [2.45, 2.75) is 6.92 Å². The lowest BCUT2D eigenvalue weighted by molar-refractivity contribution is -0.120. The fourth-order valence-corrected chi connectivity index (χ4v) is 1.62. The molecule has 3 N–H and O–H groups in total. The molecular weight excluding hydrogens is 270 g/mol. The number of aryl methyl sites for hydroxylation is 1. The van der Waals surface area contributed by atoms with Gasteiger partial charge in [-0.3, -0.25) is 9.59 Å². The summed E-state index contributed by atoms with van der Waals surface area (Å²) >= 11 is 0. The van der Waals surface area contributed by atoms with E-state index < -0.39 is 0 Å². The standard InChI is InChI=1S/C15H23N3O3/c1-12-3-5-13(6-4-12)15(20)18-8-7-17-14(19)11-16-9-10-21-2/h3-6,16H,7-11H2,1-2H3,(H,17,19)(H,18,20). The maximum absolute atomic E-state index is 11.8. The molecule has 1 aromatic rings. The summed E-state index contributed by atoms with van der Waals surface area (Å²) in [6.45, 7) is 4.22. The molecule has 0 spiro atoms. The van der Waals surface area contributed by atoms with Gasteiger partial charge in [-0.25, -0.2) is 0 Å². The van der Waals surface area contributed by atoms with Gasteiger partial charge in [0.25, 0.3) is 5.91 Å². The highest BCUT2D eigenvalue weighted by Crippen LogP contribution is 2.02. The average Bonchev–Trinajstić information content (AvgIpc) is 2.48. The number of rotatable bonds is 9. The predicted octanol–water partition coefficient (Wildman–Crippen LogP) is 0.0770. The van der Waals surface area contributed by atoms with Gasteiger partial charge in [-0.2, -0.15) is 0 Å². The molecular formula is C15H23N3O3. The quantitative estimate of drug-likeness (QED) is 0.563. The molecule has 6 heteroatoms. The highest BCUT2D eigenvalue weighted by Gasteiger charge is 2.04. The van der Waals surface area contributed by atoms with Crippen LogP contribution >= 0.6 is 0 Å². The normalized spacial score (nSPS) is 10.2. The number of nitrogens with one attached hydrogen (secondary N) is 3.